The summed E-state index contributed by atoms with van der Waals surface area (Å²) in [5, 5.41) is 6.44. The normalized spacial score (nSPS) is 10.7. The Bertz CT molecular complexity index is 978. The van der Waals surface area contributed by atoms with E-state index in [0.29, 0.717) is 11.3 Å². The summed E-state index contributed by atoms with van der Waals surface area (Å²) in [4.78, 5) is 24.3. The van der Waals surface area contributed by atoms with Crippen molar-refractivity contribution < 1.29 is 14.0 Å². The molecule has 0 fully saturated rings. The molecule has 1 heterocycles. The number of amides is 2. The van der Waals surface area contributed by atoms with E-state index in [1.165, 1.54) is 6.07 Å². The zero-order chi connectivity index (χ0) is 18.7. The van der Waals surface area contributed by atoms with Crippen molar-refractivity contribution in [2.75, 3.05) is 13.1 Å². The van der Waals surface area contributed by atoms with Crippen LogP contribution in [0.15, 0.2) is 48.5 Å². The Balaban J connectivity index is 1.54. The van der Waals surface area contributed by atoms with Crippen LogP contribution >= 0.6 is 0 Å². The van der Waals surface area contributed by atoms with Gasteiger partial charge in [0.1, 0.15) is 11.5 Å². The number of hydrogen-bond donors (Lipinski definition) is 2. The summed E-state index contributed by atoms with van der Waals surface area (Å²) in [6.45, 7) is 2.17. The van der Waals surface area contributed by atoms with Crippen LogP contribution in [0, 0.1) is 12.7 Å². The van der Waals surface area contributed by atoms with E-state index in [1.54, 1.807) is 19.1 Å². The molecule has 0 aliphatic carbocycles. The van der Waals surface area contributed by atoms with Crippen LogP contribution in [0.4, 0.5) is 4.39 Å². The molecule has 3 rings (SSSR count). The minimum Gasteiger partial charge on any atom is -0.350 e. The third kappa shape index (κ3) is 3.59. The van der Waals surface area contributed by atoms with E-state index in [-0.39, 0.29) is 30.5 Å². The zero-order valence-electron chi connectivity index (χ0n) is 14.7. The van der Waals surface area contributed by atoms with Gasteiger partial charge >= 0.3 is 0 Å². The average Bonchev–Trinajstić information content (AvgIpc) is 2.98. The van der Waals surface area contributed by atoms with Gasteiger partial charge in [0.25, 0.3) is 11.8 Å². The molecular weight excluding hydrogens is 333 g/mol. The fourth-order valence-electron chi connectivity index (χ4n) is 2.79. The van der Waals surface area contributed by atoms with Gasteiger partial charge in [0, 0.05) is 36.6 Å². The molecule has 1 aromatic heterocycles. The molecule has 0 saturated carbocycles. The van der Waals surface area contributed by atoms with E-state index in [4.69, 9.17) is 0 Å². The molecule has 0 atom stereocenters. The highest BCUT2D eigenvalue weighted by Gasteiger charge is 2.13. The van der Waals surface area contributed by atoms with Crippen LogP contribution in [0.25, 0.3) is 10.9 Å². The Morgan fingerprint density at radius 1 is 1.00 bits per heavy atom. The number of nitrogens with one attached hydrogen (secondary N) is 2. The highest BCUT2D eigenvalue weighted by atomic mass is 19.1. The maximum Gasteiger partial charge on any atom is 0.267 e. The van der Waals surface area contributed by atoms with Gasteiger partial charge in [-0.25, -0.2) is 4.39 Å². The van der Waals surface area contributed by atoms with Gasteiger partial charge < -0.3 is 15.2 Å². The van der Waals surface area contributed by atoms with E-state index < -0.39 is 5.82 Å². The first kappa shape index (κ1) is 17.7. The molecule has 2 amide bonds. The molecule has 0 spiro atoms. The fourth-order valence-corrected chi connectivity index (χ4v) is 2.79. The van der Waals surface area contributed by atoms with Crippen LogP contribution in [0.5, 0.6) is 0 Å². The van der Waals surface area contributed by atoms with Gasteiger partial charge in [0.2, 0.25) is 0 Å². The van der Waals surface area contributed by atoms with Crippen LogP contribution in [-0.4, -0.2) is 29.5 Å². The van der Waals surface area contributed by atoms with Gasteiger partial charge in [-0.15, -0.1) is 0 Å². The van der Waals surface area contributed by atoms with Crippen molar-refractivity contribution in [1.82, 2.24) is 15.2 Å². The molecule has 2 aromatic carbocycles. The first-order valence-electron chi connectivity index (χ1n) is 8.34. The van der Waals surface area contributed by atoms with Crippen LogP contribution in [0.1, 0.15) is 26.4 Å². The Morgan fingerprint density at radius 3 is 2.38 bits per heavy atom. The highest BCUT2D eigenvalue weighted by Crippen LogP contribution is 2.18. The van der Waals surface area contributed by atoms with E-state index in [9.17, 15) is 14.0 Å². The number of carbonyl (C=O) groups excluding carboxylic acids is 2. The molecule has 2 N–H and O–H groups in total. The zero-order valence-corrected chi connectivity index (χ0v) is 14.7. The first-order valence-corrected chi connectivity index (χ1v) is 8.34. The summed E-state index contributed by atoms with van der Waals surface area (Å²) in [5.74, 6) is -0.996. The topological polar surface area (TPSA) is 63.1 Å². The lowest BCUT2D eigenvalue weighted by molar-refractivity contribution is 0.0923. The Kier molecular flexibility index (Phi) is 5.02. The summed E-state index contributed by atoms with van der Waals surface area (Å²) in [7, 11) is 1.84. The molecule has 0 bridgehead atoms. The largest absolute Gasteiger partial charge is 0.350 e. The Labute approximate surface area is 150 Å². The van der Waals surface area contributed by atoms with Gasteiger partial charge in [-0.1, -0.05) is 24.3 Å². The lowest BCUT2D eigenvalue weighted by Crippen LogP contribution is -2.35. The molecule has 26 heavy (non-hydrogen) atoms. The predicted molar refractivity (Wildman–Crippen MR) is 98.7 cm³/mol. The van der Waals surface area contributed by atoms with Crippen molar-refractivity contribution in [2.24, 2.45) is 7.05 Å². The number of halogens is 1. The van der Waals surface area contributed by atoms with Gasteiger partial charge in [-0.2, -0.15) is 0 Å². The minimum atomic E-state index is -0.415. The summed E-state index contributed by atoms with van der Waals surface area (Å²) < 4.78 is 15.3. The third-order valence-electron chi connectivity index (χ3n) is 4.31. The summed E-state index contributed by atoms with van der Waals surface area (Å²) in [5.41, 5.74) is 2.28. The van der Waals surface area contributed by atoms with E-state index in [0.717, 1.165) is 10.9 Å². The molecule has 134 valence electrons. The van der Waals surface area contributed by atoms with Crippen molar-refractivity contribution >= 4 is 22.7 Å². The van der Waals surface area contributed by atoms with Crippen molar-refractivity contribution in [1.29, 1.82) is 0 Å². The number of hydrogen-bond acceptors (Lipinski definition) is 2. The number of para-hydroxylation sites is 1. The summed E-state index contributed by atoms with van der Waals surface area (Å²) in [6.07, 6.45) is 0. The maximum atomic E-state index is 13.5. The SMILES string of the molecule is Cc1ccc(C(=O)NCCNC(=O)c2cc3ccccc3n2C)cc1F. The number of nitrogens with zero attached hydrogens (tertiary/aromatic N) is 1. The highest BCUT2D eigenvalue weighted by molar-refractivity contribution is 5.98. The van der Waals surface area contributed by atoms with Crippen LogP contribution in [-0.2, 0) is 7.05 Å². The van der Waals surface area contributed by atoms with Crippen LogP contribution < -0.4 is 10.6 Å². The maximum absolute atomic E-state index is 13.5. The van der Waals surface area contributed by atoms with Crippen molar-refractivity contribution in [3.63, 3.8) is 0 Å². The molecule has 0 saturated heterocycles. The lowest BCUT2D eigenvalue weighted by Gasteiger charge is -2.08. The van der Waals surface area contributed by atoms with Crippen molar-refractivity contribution in [3.05, 3.63) is 71.2 Å². The fraction of sp³-hybridized carbons (Fsp3) is 0.200. The van der Waals surface area contributed by atoms with Gasteiger partial charge in [-0.05, 0) is 36.8 Å². The predicted octanol–water partition coefficient (Wildman–Crippen LogP) is 2.79. The average molecular weight is 353 g/mol. The van der Waals surface area contributed by atoms with Crippen LogP contribution in [0.2, 0.25) is 0 Å². The van der Waals surface area contributed by atoms with Crippen molar-refractivity contribution in [2.45, 2.75) is 6.92 Å². The first-order chi connectivity index (χ1) is 12.5. The number of fused-ring (bicyclic) bond motifs is 1. The molecule has 0 unspecified atom stereocenters. The van der Waals surface area contributed by atoms with E-state index in [1.807, 2.05) is 41.9 Å². The number of carbonyl (C=O) groups is 2. The summed E-state index contributed by atoms with van der Waals surface area (Å²) in [6, 6.07) is 13.9. The molecule has 5 nitrogen and oxygen atoms in total. The minimum absolute atomic E-state index is 0.209. The second kappa shape index (κ2) is 7.39. The standard InChI is InChI=1S/C20H20FN3O2/c1-13-7-8-15(11-16(13)21)19(25)22-9-10-23-20(26)18-12-14-5-3-4-6-17(14)24(18)2/h3-8,11-12H,9-10H2,1-2H3,(H,22,25)(H,23,26). The molecule has 0 radical (unpaired) electrons. The molecular formula is C20H20FN3O2. The smallest absolute Gasteiger partial charge is 0.267 e. The monoisotopic (exact) mass is 353 g/mol. The quantitative estimate of drug-likeness (QED) is 0.693. The Hall–Kier alpha value is -3.15. The molecule has 6 heteroatoms. The molecule has 3 aromatic rings. The van der Waals surface area contributed by atoms with Gasteiger partial charge in [0.15, 0.2) is 0 Å². The van der Waals surface area contributed by atoms with Gasteiger partial charge in [0.05, 0.1) is 0 Å². The Morgan fingerprint density at radius 2 is 1.69 bits per heavy atom. The lowest BCUT2D eigenvalue weighted by atomic mass is 10.1. The van der Waals surface area contributed by atoms with Gasteiger partial charge in [-0.3, -0.25) is 9.59 Å². The number of aromatic nitrogens is 1. The second-order valence-electron chi connectivity index (χ2n) is 6.12. The summed E-state index contributed by atoms with van der Waals surface area (Å²) >= 11 is 0. The van der Waals surface area contributed by atoms with Crippen molar-refractivity contribution in [3.8, 4) is 0 Å². The number of benzene rings is 2. The number of rotatable bonds is 5. The number of aryl methyl sites for hydroxylation is 2. The molecule has 0 aliphatic rings. The van der Waals surface area contributed by atoms with Crippen LogP contribution in [0.3, 0.4) is 0 Å². The van der Waals surface area contributed by atoms with E-state index >= 15 is 0 Å². The third-order valence-corrected chi connectivity index (χ3v) is 4.31. The van der Waals surface area contributed by atoms with E-state index in [2.05, 4.69) is 10.6 Å². The molecule has 0 aliphatic heterocycles. The second-order valence-corrected chi connectivity index (χ2v) is 6.12.